The summed E-state index contributed by atoms with van der Waals surface area (Å²) in [5.74, 6) is 0. The van der Waals surface area contributed by atoms with E-state index in [1.54, 1.807) is 18.7 Å². The molecule has 1 aromatic heterocycles. The van der Waals surface area contributed by atoms with Crippen LogP contribution in [-0.4, -0.2) is 53.9 Å². The third kappa shape index (κ3) is 5.06. The summed E-state index contributed by atoms with van der Waals surface area (Å²) >= 11 is 0. The van der Waals surface area contributed by atoms with E-state index in [-0.39, 0.29) is 19.2 Å². The average Bonchev–Trinajstić information content (AvgIpc) is 3.22. The molecular weight excluding hydrogens is 358 g/mol. The van der Waals surface area contributed by atoms with Crippen molar-refractivity contribution in [2.45, 2.75) is 31.7 Å². The van der Waals surface area contributed by atoms with E-state index in [0.29, 0.717) is 13.0 Å². The predicted octanol–water partition coefficient (Wildman–Crippen LogP) is 1.64. The van der Waals surface area contributed by atoms with E-state index in [9.17, 15) is 13.2 Å². The molecule has 1 amide bonds. The second-order valence-corrected chi connectivity index (χ2v) is 7.86. The number of hydrogen-bond acceptors (Lipinski definition) is 6. The fraction of sp³-hybridized carbons (Fsp3) is 0.412. The minimum Gasteiger partial charge on any atom is -0.445 e. The number of nitrogens with zero attached hydrogens (tertiary/aromatic N) is 3. The van der Waals surface area contributed by atoms with Crippen molar-refractivity contribution in [1.82, 2.24) is 14.5 Å². The summed E-state index contributed by atoms with van der Waals surface area (Å²) in [6.45, 7) is 0.815. The van der Waals surface area contributed by atoms with Crippen molar-refractivity contribution in [3.63, 3.8) is 0 Å². The maximum atomic E-state index is 12.5. The Bertz CT molecular complexity index is 823. The van der Waals surface area contributed by atoms with Crippen LogP contribution in [0.5, 0.6) is 0 Å². The van der Waals surface area contributed by atoms with Gasteiger partial charge in [0.2, 0.25) is 0 Å². The molecule has 8 nitrogen and oxygen atoms in total. The Morgan fingerprint density at radius 3 is 2.73 bits per heavy atom. The Labute approximate surface area is 152 Å². The topological polar surface area (TPSA) is 90.7 Å². The highest BCUT2D eigenvalue weighted by atomic mass is 32.2. The fourth-order valence-electron chi connectivity index (χ4n) is 3.03. The maximum Gasteiger partial charge on any atom is 0.410 e. The number of carbonyl (C=O) groups excluding carboxylic acids is 1. The minimum absolute atomic E-state index is 0.158. The van der Waals surface area contributed by atoms with Crippen LogP contribution in [0.15, 0.2) is 49.1 Å². The first kappa shape index (κ1) is 18.4. The Balaban J connectivity index is 1.66. The van der Waals surface area contributed by atoms with Crippen LogP contribution in [0.4, 0.5) is 4.79 Å². The van der Waals surface area contributed by atoms with E-state index < -0.39 is 22.3 Å². The predicted molar refractivity (Wildman–Crippen MR) is 93.7 cm³/mol. The number of aromatic nitrogens is 2. The number of benzene rings is 1. The highest BCUT2D eigenvalue weighted by Crippen LogP contribution is 2.24. The number of carbonyl (C=O) groups is 1. The molecule has 0 radical (unpaired) electrons. The molecule has 0 spiro atoms. The van der Waals surface area contributed by atoms with Gasteiger partial charge in [0, 0.05) is 18.9 Å². The average molecular weight is 379 g/mol. The highest BCUT2D eigenvalue weighted by Gasteiger charge is 2.38. The normalized spacial score (nSPS) is 20.3. The first-order valence-corrected chi connectivity index (χ1v) is 10.0. The molecule has 140 valence electrons. The van der Waals surface area contributed by atoms with Gasteiger partial charge in [-0.05, 0) is 12.0 Å². The molecule has 0 unspecified atom stereocenters. The van der Waals surface area contributed by atoms with E-state index in [1.807, 2.05) is 34.9 Å². The molecule has 26 heavy (non-hydrogen) atoms. The second-order valence-electron chi connectivity index (χ2n) is 6.26. The lowest BCUT2D eigenvalue weighted by atomic mass is 10.2. The van der Waals surface area contributed by atoms with Crippen LogP contribution in [0.2, 0.25) is 0 Å². The molecular formula is C17H21N3O5S. The fourth-order valence-corrected chi connectivity index (χ4v) is 3.66. The van der Waals surface area contributed by atoms with Gasteiger partial charge < -0.3 is 14.2 Å². The minimum atomic E-state index is -3.60. The summed E-state index contributed by atoms with van der Waals surface area (Å²) in [5.41, 5.74) is 0.884. The Morgan fingerprint density at radius 1 is 1.31 bits per heavy atom. The van der Waals surface area contributed by atoms with Gasteiger partial charge in [0.1, 0.15) is 6.61 Å². The van der Waals surface area contributed by atoms with Crippen LogP contribution in [0, 0.1) is 0 Å². The van der Waals surface area contributed by atoms with Crippen molar-refractivity contribution >= 4 is 16.2 Å². The quantitative estimate of drug-likeness (QED) is 0.709. The van der Waals surface area contributed by atoms with E-state index in [1.165, 1.54) is 4.90 Å². The van der Waals surface area contributed by atoms with Crippen LogP contribution in [0.3, 0.4) is 0 Å². The standard InChI is InChI=1S/C17H21N3O5S/c1-26(22,23)25-16-9-15(10-19-8-7-18-13-19)20(11-16)17(21)24-12-14-5-3-2-4-6-14/h2-8,13,15-16H,9-12H2,1H3/t15-,16+/m0/s1. The second kappa shape index (κ2) is 7.88. The van der Waals surface area contributed by atoms with Crippen molar-refractivity contribution in [3.8, 4) is 0 Å². The first-order chi connectivity index (χ1) is 12.4. The SMILES string of the molecule is CS(=O)(=O)O[C@@H]1C[C@@H](Cn2ccnc2)N(C(=O)OCc2ccccc2)C1. The molecule has 9 heteroatoms. The van der Waals surface area contributed by atoms with Gasteiger partial charge >= 0.3 is 6.09 Å². The Hall–Kier alpha value is -2.39. The third-order valence-electron chi connectivity index (χ3n) is 4.11. The summed E-state index contributed by atoms with van der Waals surface area (Å²) in [4.78, 5) is 18.1. The summed E-state index contributed by atoms with van der Waals surface area (Å²) in [5, 5.41) is 0. The smallest absolute Gasteiger partial charge is 0.410 e. The van der Waals surface area contributed by atoms with Crippen LogP contribution >= 0.6 is 0 Å². The van der Waals surface area contributed by atoms with Crippen molar-refractivity contribution < 1.29 is 22.1 Å². The van der Waals surface area contributed by atoms with Gasteiger partial charge in [0.15, 0.2) is 0 Å². The van der Waals surface area contributed by atoms with Gasteiger partial charge in [-0.15, -0.1) is 0 Å². The van der Waals surface area contributed by atoms with Crippen LogP contribution < -0.4 is 0 Å². The van der Waals surface area contributed by atoms with E-state index in [0.717, 1.165) is 11.8 Å². The summed E-state index contributed by atoms with van der Waals surface area (Å²) in [6, 6.07) is 9.14. The number of amides is 1. The zero-order valence-corrected chi connectivity index (χ0v) is 15.2. The maximum absolute atomic E-state index is 12.5. The number of likely N-dealkylation sites (tertiary alicyclic amines) is 1. The van der Waals surface area contributed by atoms with Gasteiger partial charge in [0.25, 0.3) is 10.1 Å². The molecule has 2 aromatic rings. The van der Waals surface area contributed by atoms with E-state index in [4.69, 9.17) is 8.92 Å². The number of rotatable bonds is 6. The van der Waals surface area contributed by atoms with Crippen molar-refractivity contribution in [2.75, 3.05) is 12.8 Å². The zero-order chi connectivity index (χ0) is 18.6. The van der Waals surface area contributed by atoms with Gasteiger partial charge in [-0.2, -0.15) is 8.42 Å². The molecule has 3 rings (SSSR count). The molecule has 1 aliphatic heterocycles. The molecule has 2 heterocycles. The van der Waals surface area contributed by atoms with Gasteiger partial charge in [0.05, 0.1) is 31.3 Å². The molecule has 2 atom stereocenters. The largest absolute Gasteiger partial charge is 0.445 e. The van der Waals surface area contributed by atoms with Gasteiger partial charge in [-0.1, -0.05) is 30.3 Å². The van der Waals surface area contributed by atoms with Gasteiger partial charge in [-0.25, -0.2) is 9.78 Å². The number of ether oxygens (including phenoxy) is 1. The van der Waals surface area contributed by atoms with Crippen LogP contribution in [-0.2, 0) is 32.2 Å². The van der Waals surface area contributed by atoms with Crippen LogP contribution in [0.1, 0.15) is 12.0 Å². The monoisotopic (exact) mass is 379 g/mol. The van der Waals surface area contributed by atoms with E-state index >= 15 is 0 Å². The summed E-state index contributed by atoms with van der Waals surface area (Å²) < 4.78 is 35.2. The lowest BCUT2D eigenvalue weighted by Gasteiger charge is -2.24. The molecule has 1 aliphatic rings. The lowest BCUT2D eigenvalue weighted by molar-refractivity contribution is 0.0868. The van der Waals surface area contributed by atoms with Crippen molar-refractivity contribution in [1.29, 1.82) is 0 Å². The Morgan fingerprint density at radius 2 is 2.08 bits per heavy atom. The number of hydrogen-bond donors (Lipinski definition) is 0. The molecule has 0 saturated carbocycles. The lowest BCUT2D eigenvalue weighted by Crippen LogP contribution is -2.38. The molecule has 0 aliphatic carbocycles. The number of imidazole rings is 1. The van der Waals surface area contributed by atoms with Crippen molar-refractivity contribution in [2.24, 2.45) is 0 Å². The first-order valence-electron chi connectivity index (χ1n) is 8.22. The Kier molecular flexibility index (Phi) is 5.58. The summed E-state index contributed by atoms with van der Waals surface area (Å²) in [6.07, 6.45) is 5.44. The molecule has 1 aromatic carbocycles. The zero-order valence-electron chi connectivity index (χ0n) is 14.4. The van der Waals surface area contributed by atoms with Crippen LogP contribution in [0.25, 0.3) is 0 Å². The molecule has 0 N–H and O–H groups in total. The highest BCUT2D eigenvalue weighted by molar-refractivity contribution is 7.86. The van der Waals surface area contributed by atoms with E-state index in [2.05, 4.69) is 4.98 Å². The third-order valence-corrected chi connectivity index (χ3v) is 4.73. The summed E-state index contributed by atoms with van der Waals surface area (Å²) in [7, 11) is -3.60. The van der Waals surface area contributed by atoms with Crippen molar-refractivity contribution in [3.05, 3.63) is 54.6 Å². The van der Waals surface area contributed by atoms with Gasteiger partial charge in [-0.3, -0.25) is 4.18 Å². The molecule has 1 saturated heterocycles. The molecule has 1 fully saturated rings. The molecule has 0 bridgehead atoms.